The van der Waals surface area contributed by atoms with E-state index >= 15 is 0 Å². The highest BCUT2D eigenvalue weighted by Crippen LogP contribution is 2.28. The fraction of sp³-hybridized carbons (Fsp3) is 0.300. The number of ether oxygens (including phenoxy) is 4. The molecule has 1 aliphatic heterocycles. The number of rotatable bonds is 7. The second-order valence-corrected chi connectivity index (χ2v) is 6.00. The van der Waals surface area contributed by atoms with E-state index in [9.17, 15) is 9.59 Å². The largest absolute Gasteiger partial charge is 0.496 e. The van der Waals surface area contributed by atoms with E-state index in [2.05, 4.69) is 10.1 Å². The lowest BCUT2D eigenvalue weighted by Gasteiger charge is -2.13. The molecule has 1 heterocycles. The van der Waals surface area contributed by atoms with E-state index in [1.165, 1.54) is 26.4 Å². The molecular formula is C20H21NO6. The molecule has 2 aromatic carbocycles. The van der Waals surface area contributed by atoms with E-state index in [-0.39, 0.29) is 24.2 Å². The van der Waals surface area contributed by atoms with Crippen molar-refractivity contribution in [2.24, 2.45) is 0 Å². The Balaban J connectivity index is 1.47. The summed E-state index contributed by atoms with van der Waals surface area (Å²) in [5.41, 5.74) is 1.43. The molecule has 0 fully saturated rings. The van der Waals surface area contributed by atoms with Crippen molar-refractivity contribution in [3.63, 3.8) is 0 Å². The Morgan fingerprint density at radius 1 is 1.19 bits per heavy atom. The summed E-state index contributed by atoms with van der Waals surface area (Å²) >= 11 is 0. The number of fused-ring (bicyclic) bond motifs is 1. The molecule has 0 bridgehead atoms. The minimum Gasteiger partial charge on any atom is -0.496 e. The van der Waals surface area contributed by atoms with E-state index < -0.39 is 5.97 Å². The first kappa shape index (κ1) is 18.6. The van der Waals surface area contributed by atoms with Crippen molar-refractivity contribution in [2.45, 2.75) is 12.5 Å². The molecule has 1 amide bonds. The fourth-order valence-electron chi connectivity index (χ4n) is 2.84. The molecule has 27 heavy (non-hydrogen) atoms. The van der Waals surface area contributed by atoms with Gasteiger partial charge in [-0.1, -0.05) is 18.2 Å². The topological polar surface area (TPSA) is 83.1 Å². The van der Waals surface area contributed by atoms with Crippen molar-refractivity contribution in [3.05, 3.63) is 53.6 Å². The minimum absolute atomic E-state index is 0.0780. The standard InChI is InChI=1S/C20H21NO6/c1-24-18-10-14(7-8-16(18)20(23)25-2)26-12-19(22)21-11-15-9-13-5-3-4-6-17(13)27-15/h3-8,10,15H,9,11-12H2,1-2H3,(H,21,22)/t15-/m1/s1. The summed E-state index contributed by atoms with van der Waals surface area (Å²) in [5, 5.41) is 2.80. The van der Waals surface area contributed by atoms with Crippen LogP contribution in [0, 0.1) is 0 Å². The van der Waals surface area contributed by atoms with Gasteiger partial charge in [0.05, 0.1) is 20.8 Å². The normalized spacial score (nSPS) is 14.7. The van der Waals surface area contributed by atoms with Crippen LogP contribution in [0.5, 0.6) is 17.2 Å². The van der Waals surface area contributed by atoms with Crippen molar-refractivity contribution in [1.29, 1.82) is 0 Å². The molecule has 2 aromatic rings. The summed E-state index contributed by atoms with van der Waals surface area (Å²) in [4.78, 5) is 23.7. The Kier molecular flexibility index (Phi) is 5.80. The number of para-hydroxylation sites is 1. The Morgan fingerprint density at radius 2 is 2.00 bits per heavy atom. The molecule has 0 aromatic heterocycles. The molecule has 0 spiro atoms. The number of esters is 1. The molecule has 142 valence electrons. The zero-order valence-corrected chi connectivity index (χ0v) is 15.2. The van der Waals surface area contributed by atoms with Crippen molar-refractivity contribution in [3.8, 4) is 17.2 Å². The molecule has 0 saturated carbocycles. The van der Waals surface area contributed by atoms with E-state index in [1.807, 2.05) is 24.3 Å². The van der Waals surface area contributed by atoms with Crippen molar-refractivity contribution in [1.82, 2.24) is 5.32 Å². The van der Waals surface area contributed by atoms with Gasteiger partial charge >= 0.3 is 5.97 Å². The molecular weight excluding hydrogens is 350 g/mol. The van der Waals surface area contributed by atoms with Crippen LogP contribution >= 0.6 is 0 Å². The van der Waals surface area contributed by atoms with E-state index in [0.29, 0.717) is 18.0 Å². The maximum atomic E-state index is 12.0. The van der Waals surface area contributed by atoms with Gasteiger partial charge in [0.15, 0.2) is 6.61 Å². The summed E-state index contributed by atoms with van der Waals surface area (Å²) in [6, 6.07) is 12.5. The average molecular weight is 371 g/mol. The van der Waals surface area contributed by atoms with Gasteiger partial charge in [0, 0.05) is 12.5 Å². The smallest absolute Gasteiger partial charge is 0.341 e. The number of carbonyl (C=O) groups excluding carboxylic acids is 2. The number of amides is 1. The SMILES string of the molecule is COC(=O)c1ccc(OCC(=O)NC[C@H]2Cc3ccccc3O2)cc1OC. The first-order chi connectivity index (χ1) is 13.1. The van der Waals surface area contributed by atoms with E-state index in [4.69, 9.17) is 14.2 Å². The van der Waals surface area contributed by atoms with Crippen molar-refractivity contribution >= 4 is 11.9 Å². The van der Waals surface area contributed by atoms with Crippen LogP contribution in [0.1, 0.15) is 15.9 Å². The molecule has 0 aliphatic carbocycles. The molecule has 3 rings (SSSR count). The number of hydrogen-bond acceptors (Lipinski definition) is 6. The predicted octanol–water partition coefficient (Wildman–Crippen LogP) is 1.98. The third kappa shape index (κ3) is 4.49. The quantitative estimate of drug-likeness (QED) is 0.750. The van der Waals surface area contributed by atoms with Gasteiger partial charge in [0.25, 0.3) is 5.91 Å². The zero-order valence-electron chi connectivity index (χ0n) is 15.2. The summed E-state index contributed by atoms with van der Waals surface area (Å²) in [6.07, 6.45) is 0.689. The third-order valence-corrected chi connectivity index (χ3v) is 4.19. The van der Waals surface area contributed by atoms with Crippen LogP contribution in [0.3, 0.4) is 0 Å². The van der Waals surface area contributed by atoms with Crippen LogP contribution in [-0.2, 0) is 16.0 Å². The van der Waals surface area contributed by atoms with Crippen LogP contribution in [0.2, 0.25) is 0 Å². The maximum Gasteiger partial charge on any atom is 0.341 e. The lowest BCUT2D eigenvalue weighted by Crippen LogP contribution is -2.37. The second-order valence-electron chi connectivity index (χ2n) is 6.00. The van der Waals surface area contributed by atoms with Gasteiger partial charge in [0.1, 0.15) is 28.9 Å². The van der Waals surface area contributed by atoms with Gasteiger partial charge in [-0.15, -0.1) is 0 Å². The molecule has 0 radical (unpaired) electrons. The van der Waals surface area contributed by atoms with Gasteiger partial charge < -0.3 is 24.3 Å². The monoisotopic (exact) mass is 371 g/mol. The van der Waals surface area contributed by atoms with Gasteiger partial charge in [-0.25, -0.2) is 4.79 Å². The molecule has 0 unspecified atom stereocenters. The van der Waals surface area contributed by atoms with Crippen LogP contribution < -0.4 is 19.5 Å². The van der Waals surface area contributed by atoms with Crippen molar-refractivity contribution in [2.75, 3.05) is 27.4 Å². The highest BCUT2D eigenvalue weighted by atomic mass is 16.5. The average Bonchev–Trinajstić information content (AvgIpc) is 3.12. The van der Waals surface area contributed by atoms with Gasteiger partial charge in [-0.2, -0.15) is 0 Å². The number of methoxy groups -OCH3 is 2. The Labute approximate surface area is 157 Å². The molecule has 7 nitrogen and oxygen atoms in total. The maximum absolute atomic E-state index is 12.0. The third-order valence-electron chi connectivity index (χ3n) is 4.19. The first-order valence-electron chi connectivity index (χ1n) is 8.51. The highest BCUT2D eigenvalue weighted by molar-refractivity contribution is 5.92. The molecule has 1 aliphatic rings. The Bertz CT molecular complexity index is 810. The predicted molar refractivity (Wildman–Crippen MR) is 97.4 cm³/mol. The van der Waals surface area contributed by atoms with Crippen LogP contribution in [0.4, 0.5) is 0 Å². The second kappa shape index (κ2) is 8.44. The minimum atomic E-state index is -0.506. The van der Waals surface area contributed by atoms with Gasteiger partial charge in [-0.3, -0.25) is 4.79 Å². The Hall–Kier alpha value is -3.22. The van der Waals surface area contributed by atoms with E-state index in [1.54, 1.807) is 6.07 Å². The summed E-state index contributed by atoms with van der Waals surface area (Å²) in [6.45, 7) is 0.252. The van der Waals surface area contributed by atoms with Crippen molar-refractivity contribution < 1.29 is 28.5 Å². The lowest BCUT2D eigenvalue weighted by atomic mass is 10.1. The zero-order chi connectivity index (χ0) is 19.2. The Morgan fingerprint density at radius 3 is 2.74 bits per heavy atom. The molecule has 0 saturated heterocycles. The van der Waals surface area contributed by atoms with E-state index in [0.717, 1.165) is 17.7 Å². The number of hydrogen-bond donors (Lipinski definition) is 1. The van der Waals surface area contributed by atoms with Crippen LogP contribution in [0.25, 0.3) is 0 Å². The lowest BCUT2D eigenvalue weighted by molar-refractivity contribution is -0.123. The fourth-order valence-corrected chi connectivity index (χ4v) is 2.84. The molecule has 7 heteroatoms. The van der Waals surface area contributed by atoms with Crippen LogP contribution in [0.15, 0.2) is 42.5 Å². The van der Waals surface area contributed by atoms with Gasteiger partial charge in [0.2, 0.25) is 0 Å². The summed E-state index contributed by atoms with van der Waals surface area (Å²) in [7, 11) is 2.74. The first-order valence-corrected chi connectivity index (χ1v) is 8.51. The van der Waals surface area contributed by atoms with Crippen LogP contribution in [-0.4, -0.2) is 45.4 Å². The molecule has 1 atom stereocenters. The number of nitrogens with one attached hydrogen (secondary N) is 1. The van der Waals surface area contributed by atoms with Gasteiger partial charge in [-0.05, 0) is 23.8 Å². The molecule has 1 N–H and O–H groups in total. The number of benzene rings is 2. The number of carbonyl (C=O) groups is 2. The summed E-state index contributed by atoms with van der Waals surface area (Å²) in [5.74, 6) is 0.834. The summed E-state index contributed by atoms with van der Waals surface area (Å²) < 4.78 is 21.1. The highest BCUT2D eigenvalue weighted by Gasteiger charge is 2.22.